The summed E-state index contributed by atoms with van der Waals surface area (Å²) in [5.41, 5.74) is 13.7. The van der Waals surface area contributed by atoms with Gasteiger partial charge in [-0.2, -0.15) is 0 Å². The van der Waals surface area contributed by atoms with Crippen LogP contribution in [0.15, 0.2) is 18.2 Å². The van der Waals surface area contributed by atoms with Crippen LogP contribution in [0.25, 0.3) is 0 Å². The van der Waals surface area contributed by atoms with Crippen molar-refractivity contribution in [3.8, 4) is 0 Å². The maximum absolute atomic E-state index is 11.3. The van der Waals surface area contributed by atoms with Crippen LogP contribution in [0.3, 0.4) is 0 Å². The highest BCUT2D eigenvalue weighted by Crippen LogP contribution is 2.19. The number of anilines is 1. The summed E-state index contributed by atoms with van der Waals surface area (Å²) in [5, 5.41) is 3.25. The Hall–Kier alpha value is -1.55. The Labute approximate surface area is 109 Å². The number of amides is 1. The van der Waals surface area contributed by atoms with E-state index in [0.29, 0.717) is 12.1 Å². The van der Waals surface area contributed by atoms with Gasteiger partial charge in [-0.25, -0.2) is 0 Å². The van der Waals surface area contributed by atoms with Gasteiger partial charge in [-0.05, 0) is 37.5 Å². The number of carbonyl (C=O) groups excluding carboxylic acids is 1. The molecule has 0 bridgehead atoms. The first-order valence-corrected chi connectivity index (χ1v) is 6.35. The second kappa shape index (κ2) is 5.87. The van der Waals surface area contributed by atoms with Gasteiger partial charge in [0.25, 0.3) is 5.91 Å². The van der Waals surface area contributed by atoms with Gasteiger partial charge < -0.3 is 16.8 Å². The van der Waals surface area contributed by atoms with Crippen LogP contribution >= 0.6 is 0 Å². The summed E-state index contributed by atoms with van der Waals surface area (Å²) in [7, 11) is 0. The van der Waals surface area contributed by atoms with Crippen LogP contribution in [0.2, 0.25) is 0 Å². The molecule has 18 heavy (non-hydrogen) atoms. The zero-order valence-electron chi connectivity index (χ0n) is 11.4. The number of aryl methyl sites for hydroxylation is 1. The molecular weight excluding hydrogens is 226 g/mol. The fourth-order valence-electron chi connectivity index (χ4n) is 1.79. The van der Waals surface area contributed by atoms with E-state index in [1.807, 2.05) is 19.1 Å². The minimum absolute atomic E-state index is 0.251. The summed E-state index contributed by atoms with van der Waals surface area (Å²) in [6.45, 7) is 6.74. The molecule has 0 saturated carbocycles. The average molecular weight is 249 g/mol. The lowest BCUT2D eigenvalue weighted by Crippen LogP contribution is -2.45. The average Bonchev–Trinajstić information content (AvgIpc) is 2.35. The zero-order chi connectivity index (χ0) is 13.8. The summed E-state index contributed by atoms with van der Waals surface area (Å²) in [4.78, 5) is 11.3. The lowest BCUT2D eigenvalue weighted by molar-refractivity contribution is 0.100. The van der Waals surface area contributed by atoms with Crippen LogP contribution in [0, 0.1) is 6.92 Å². The molecule has 0 spiro atoms. The third-order valence-electron chi connectivity index (χ3n) is 3.48. The van der Waals surface area contributed by atoms with E-state index >= 15 is 0 Å². The van der Waals surface area contributed by atoms with Crippen molar-refractivity contribution in [3.63, 3.8) is 0 Å². The molecule has 1 rings (SSSR count). The van der Waals surface area contributed by atoms with Crippen LogP contribution < -0.4 is 16.8 Å². The van der Waals surface area contributed by atoms with E-state index in [1.165, 1.54) is 0 Å². The van der Waals surface area contributed by atoms with Gasteiger partial charge in [-0.3, -0.25) is 4.79 Å². The second-order valence-corrected chi connectivity index (χ2v) is 4.84. The van der Waals surface area contributed by atoms with E-state index in [4.69, 9.17) is 11.5 Å². The minimum Gasteiger partial charge on any atom is -0.383 e. The summed E-state index contributed by atoms with van der Waals surface area (Å²) < 4.78 is 0. The molecule has 4 nitrogen and oxygen atoms in total. The predicted molar refractivity (Wildman–Crippen MR) is 75.7 cm³/mol. The molecule has 0 atom stereocenters. The first-order valence-electron chi connectivity index (χ1n) is 6.35. The van der Waals surface area contributed by atoms with Gasteiger partial charge in [0.05, 0.1) is 5.56 Å². The van der Waals surface area contributed by atoms with E-state index in [0.717, 1.165) is 24.1 Å². The Morgan fingerprint density at radius 1 is 1.33 bits per heavy atom. The molecule has 0 aliphatic carbocycles. The van der Waals surface area contributed by atoms with Gasteiger partial charge in [-0.1, -0.05) is 19.9 Å². The number of nitrogens with two attached hydrogens (primary N) is 2. The molecule has 100 valence electrons. The van der Waals surface area contributed by atoms with Crippen molar-refractivity contribution in [3.05, 3.63) is 29.3 Å². The highest BCUT2D eigenvalue weighted by molar-refractivity contribution is 5.98. The van der Waals surface area contributed by atoms with Crippen molar-refractivity contribution in [1.29, 1.82) is 0 Å². The lowest BCUT2D eigenvalue weighted by Gasteiger charge is -2.28. The fraction of sp³-hybridized carbons (Fsp3) is 0.500. The van der Waals surface area contributed by atoms with Gasteiger partial charge in [0.1, 0.15) is 0 Å². The monoisotopic (exact) mass is 249 g/mol. The van der Waals surface area contributed by atoms with E-state index in [-0.39, 0.29) is 5.54 Å². The van der Waals surface area contributed by atoms with Crippen molar-refractivity contribution in [2.45, 2.75) is 39.2 Å². The summed E-state index contributed by atoms with van der Waals surface area (Å²) in [5.74, 6) is -0.423. The van der Waals surface area contributed by atoms with Crippen molar-refractivity contribution >= 4 is 11.6 Å². The molecule has 0 radical (unpaired) electrons. The molecule has 5 N–H and O–H groups in total. The normalized spacial score (nSPS) is 11.3. The molecular formula is C14H23N3O. The van der Waals surface area contributed by atoms with Crippen LogP contribution in [0.1, 0.15) is 42.6 Å². The first-order chi connectivity index (χ1) is 8.41. The van der Waals surface area contributed by atoms with Crippen LogP contribution in [0.4, 0.5) is 5.69 Å². The molecule has 1 aromatic rings. The van der Waals surface area contributed by atoms with E-state index in [2.05, 4.69) is 19.2 Å². The second-order valence-electron chi connectivity index (χ2n) is 4.84. The summed E-state index contributed by atoms with van der Waals surface area (Å²) in [6.07, 6.45) is 1.77. The highest BCUT2D eigenvalue weighted by Gasteiger charge is 2.20. The topological polar surface area (TPSA) is 81.1 Å². The third-order valence-corrected chi connectivity index (χ3v) is 3.48. The first kappa shape index (κ1) is 14.5. The molecule has 0 saturated heterocycles. The largest absolute Gasteiger partial charge is 0.383 e. The van der Waals surface area contributed by atoms with Crippen molar-refractivity contribution in [2.75, 3.05) is 11.9 Å². The fourth-order valence-corrected chi connectivity index (χ4v) is 1.79. The van der Waals surface area contributed by atoms with E-state index in [9.17, 15) is 4.79 Å². The zero-order valence-corrected chi connectivity index (χ0v) is 11.4. The van der Waals surface area contributed by atoms with E-state index in [1.54, 1.807) is 6.07 Å². The summed E-state index contributed by atoms with van der Waals surface area (Å²) >= 11 is 0. The maximum Gasteiger partial charge on any atom is 0.250 e. The van der Waals surface area contributed by atoms with Gasteiger partial charge in [-0.15, -0.1) is 0 Å². The Balaban J connectivity index is 2.90. The molecule has 0 heterocycles. The Kier molecular flexibility index (Phi) is 4.73. The minimum atomic E-state index is -0.423. The van der Waals surface area contributed by atoms with Gasteiger partial charge >= 0.3 is 0 Å². The highest BCUT2D eigenvalue weighted by atomic mass is 16.1. The van der Waals surface area contributed by atoms with Crippen LogP contribution in [-0.2, 0) is 0 Å². The molecule has 1 amide bonds. The quantitative estimate of drug-likeness (QED) is 0.721. The van der Waals surface area contributed by atoms with Crippen LogP contribution in [-0.4, -0.2) is 18.0 Å². The molecule has 4 heteroatoms. The number of benzene rings is 1. The van der Waals surface area contributed by atoms with Gasteiger partial charge in [0, 0.05) is 17.8 Å². The third kappa shape index (κ3) is 3.47. The van der Waals surface area contributed by atoms with Gasteiger partial charge in [0.2, 0.25) is 0 Å². The molecule has 0 aliphatic rings. The number of primary amides is 1. The smallest absolute Gasteiger partial charge is 0.250 e. The standard InChI is InChI=1S/C14H23N3O/c1-4-14(16,5-2)9-17-12-8-10(3)6-7-11(12)13(15)18/h6-8,17H,4-5,9,16H2,1-3H3,(H2,15,18). The molecule has 1 aromatic carbocycles. The van der Waals surface area contributed by atoms with Crippen molar-refractivity contribution in [2.24, 2.45) is 11.5 Å². The molecule has 0 fully saturated rings. The maximum atomic E-state index is 11.3. The van der Waals surface area contributed by atoms with Gasteiger partial charge in [0.15, 0.2) is 0 Å². The van der Waals surface area contributed by atoms with Crippen LogP contribution in [0.5, 0.6) is 0 Å². The molecule has 0 aliphatic heterocycles. The molecule has 0 aromatic heterocycles. The number of hydrogen-bond donors (Lipinski definition) is 3. The Morgan fingerprint density at radius 2 is 1.94 bits per heavy atom. The van der Waals surface area contributed by atoms with Crippen molar-refractivity contribution < 1.29 is 4.79 Å². The number of carbonyl (C=O) groups is 1. The van der Waals surface area contributed by atoms with E-state index < -0.39 is 5.91 Å². The number of rotatable bonds is 6. The SMILES string of the molecule is CCC(N)(CC)CNc1cc(C)ccc1C(N)=O. The summed E-state index contributed by atoms with van der Waals surface area (Å²) in [6, 6.07) is 5.54. The number of nitrogens with one attached hydrogen (secondary N) is 1. The van der Waals surface area contributed by atoms with Crippen molar-refractivity contribution in [1.82, 2.24) is 0 Å². The Bertz CT molecular complexity index is 425. The lowest BCUT2D eigenvalue weighted by atomic mass is 9.94. The Morgan fingerprint density at radius 3 is 2.44 bits per heavy atom. The predicted octanol–water partition coefficient (Wildman–Crippen LogP) is 2.02. The number of hydrogen-bond acceptors (Lipinski definition) is 3. The molecule has 0 unspecified atom stereocenters.